The van der Waals surface area contributed by atoms with Gasteiger partial charge in [0, 0.05) is 104 Å². The van der Waals surface area contributed by atoms with Crippen LogP contribution < -0.4 is 15.6 Å². The normalized spacial score (nSPS) is 30.4. The van der Waals surface area contributed by atoms with E-state index >= 15 is 4.79 Å². The Balaban J connectivity index is 1.01. The third-order valence-corrected chi connectivity index (χ3v) is 18.9. The van der Waals surface area contributed by atoms with Crippen molar-refractivity contribution in [1.29, 1.82) is 0 Å². The summed E-state index contributed by atoms with van der Waals surface area (Å²) in [5.41, 5.74) is 10.5. The number of benzene rings is 1. The molecule has 2 aliphatic carbocycles. The topological polar surface area (TPSA) is 165 Å². The third kappa shape index (κ3) is 10.2. The molecule has 0 spiro atoms. The van der Waals surface area contributed by atoms with E-state index in [9.17, 15) is 9.59 Å². The zero-order chi connectivity index (χ0) is 52.6. The molecule has 10 heterocycles. The highest BCUT2D eigenvalue weighted by Crippen LogP contribution is 2.46. The Bertz CT molecular complexity index is 2810. The van der Waals surface area contributed by atoms with Gasteiger partial charge in [0.15, 0.2) is 0 Å². The van der Waals surface area contributed by atoms with Gasteiger partial charge < -0.3 is 38.5 Å². The number of fused-ring (bicyclic) bond motifs is 4. The Labute approximate surface area is 451 Å². The second-order valence-electron chi connectivity index (χ2n) is 24.7. The van der Waals surface area contributed by atoms with Crippen LogP contribution >= 0.6 is 11.3 Å². The number of carbonyl (C=O) groups excluding carboxylic acids is 3. The maximum Gasteiger partial charge on any atom is 0.325 e. The number of nitrogens with zero attached hydrogens (tertiary/aromatic N) is 7. The van der Waals surface area contributed by atoms with Crippen LogP contribution in [0.5, 0.6) is 0 Å². The molecule has 410 valence electrons. The molecule has 17 nitrogen and oxygen atoms in total. The number of amides is 2. The number of thiazole rings is 1. The summed E-state index contributed by atoms with van der Waals surface area (Å²) in [5, 5.41) is 8.80. The number of hydrogen-bond donors (Lipinski definition) is 2. The van der Waals surface area contributed by atoms with Crippen molar-refractivity contribution < 1.29 is 38.1 Å². The SMILES string of the molecule is CO[C@@H](C)c1ncc(N2CCN(C3CC3)CC2)cc1-c1c2c3cc(ccc3n1CCO[C@H]1CCOC(C)(C)C1)-c1csc(n1)[C@@H](N1CCCC1)[C@H](NC(=O)[C@H]1OC[C@@H]1C)C(=O)N1N[C@H](C(=O)OCC(C)(C)C2)C2CC1C2. The molecular formula is C58H79N9O8S. The van der Waals surface area contributed by atoms with Crippen molar-refractivity contribution in [3.05, 3.63) is 52.1 Å². The average molecular weight is 1060 g/mol. The summed E-state index contributed by atoms with van der Waals surface area (Å²) in [4.78, 5) is 62.2. The lowest BCUT2D eigenvalue weighted by atomic mass is 9.73. The minimum atomic E-state index is -0.990. The van der Waals surface area contributed by atoms with Crippen molar-refractivity contribution in [2.45, 2.75) is 160 Å². The molecular weight excluding hydrogens is 983 g/mol. The molecule has 7 aliphatic heterocycles. The number of hydrogen-bond acceptors (Lipinski definition) is 15. The third-order valence-electron chi connectivity index (χ3n) is 17.9. The smallest absolute Gasteiger partial charge is 0.325 e. The number of anilines is 1. The molecule has 3 aromatic heterocycles. The van der Waals surface area contributed by atoms with Crippen LogP contribution in [0.4, 0.5) is 5.69 Å². The van der Waals surface area contributed by atoms with E-state index < -0.39 is 29.6 Å². The van der Waals surface area contributed by atoms with Gasteiger partial charge in [-0.1, -0.05) is 26.8 Å². The standard InChI is InChI=1S/C58H79N9O8S/c1-34-31-73-52(34)53(68)61-49-51(65-15-8-9-16-65)54-60-45(32-76-54)36-10-13-46-42(26-36)44(29-57(3,4)33-74-56(70)48-37-24-39(25-37)67(62-48)55(49)69)50(66(46)21-23-72-41-14-22-75-58(5,6)28-41)43-27-40(30-59-47(43)35(2)71-7)64-19-17-63(18-20-64)38-11-12-38/h10,13,26-27,30,32,34-35,37-39,41,48-49,51-52,62H,8-9,11-12,14-25,28-29,31,33H2,1-7H3,(H,61,68)/t34-,35-,37?,39?,41-,48-,49-,51-,52-/m0/s1. The van der Waals surface area contributed by atoms with Crippen molar-refractivity contribution >= 4 is 45.7 Å². The van der Waals surface area contributed by atoms with E-state index in [-0.39, 0.29) is 60.1 Å². The molecule has 8 bridgehead atoms. The molecule has 13 rings (SSSR count). The maximum atomic E-state index is 15.3. The second kappa shape index (κ2) is 20.9. The minimum Gasteiger partial charge on any atom is -0.464 e. The van der Waals surface area contributed by atoms with E-state index in [1.807, 2.05) is 13.1 Å². The van der Waals surface area contributed by atoms with Gasteiger partial charge in [0.1, 0.15) is 23.2 Å². The Morgan fingerprint density at radius 1 is 1.00 bits per heavy atom. The molecule has 76 heavy (non-hydrogen) atoms. The number of aromatic nitrogens is 3. The van der Waals surface area contributed by atoms with Gasteiger partial charge in [-0.05, 0) is 115 Å². The van der Waals surface area contributed by atoms with Gasteiger partial charge in [0.2, 0.25) is 5.91 Å². The van der Waals surface area contributed by atoms with Gasteiger partial charge in [-0.15, -0.1) is 11.3 Å². The predicted molar refractivity (Wildman–Crippen MR) is 291 cm³/mol. The molecule has 2 amide bonds. The molecule has 9 aliphatic rings. The number of ether oxygens (including phenoxy) is 5. The van der Waals surface area contributed by atoms with Gasteiger partial charge >= 0.3 is 5.97 Å². The largest absolute Gasteiger partial charge is 0.464 e. The van der Waals surface area contributed by atoms with Gasteiger partial charge in [-0.3, -0.25) is 34.2 Å². The highest BCUT2D eigenvalue weighted by Gasteiger charge is 2.53. The highest BCUT2D eigenvalue weighted by atomic mass is 32.1. The number of esters is 1. The Morgan fingerprint density at radius 2 is 1.79 bits per heavy atom. The molecule has 2 N–H and O–H groups in total. The molecule has 0 radical (unpaired) electrons. The predicted octanol–water partition coefficient (Wildman–Crippen LogP) is 7.07. The van der Waals surface area contributed by atoms with E-state index in [1.54, 1.807) is 12.1 Å². The summed E-state index contributed by atoms with van der Waals surface area (Å²) in [6.45, 7) is 20.5. The lowest BCUT2D eigenvalue weighted by Gasteiger charge is -2.53. The number of piperazine rings is 1. The van der Waals surface area contributed by atoms with Gasteiger partial charge in [0.05, 0.1) is 72.6 Å². The monoisotopic (exact) mass is 1060 g/mol. The van der Waals surface area contributed by atoms with E-state index in [0.29, 0.717) is 45.6 Å². The van der Waals surface area contributed by atoms with Gasteiger partial charge in [-0.25, -0.2) is 10.4 Å². The molecule has 4 aromatic rings. The van der Waals surface area contributed by atoms with Crippen molar-refractivity contribution in [3.8, 4) is 22.5 Å². The first kappa shape index (κ1) is 52.2. The zero-order valence-electron chi connectivity index (χ0n) is 45.7. The lowest BCUT2D eigenvalue weighted by molar-refractivity contribution is -0.173. The number of likely N-dealkylation sites (tertiary alicyclic amines) is 1. The summed E-state index contributed by atoms with van der Waals surface area (Å²) < 4.78 is 33.7. The van der Waals surface area contributed by atoms with Crippen LogP contribution in [0.1, 0.15) is 121 Å². The average Bonchev–Trinajstić information content (AvgIpc) is 3.83. The number of rotatable bonds is 12. The van der Waals surface area contributed by atoms with Crippen LogP contribution in [0.25, 0.3) is 33.4 Å². The quantitative estimate of drug-likeness (QED) is 0.139. The van der Waals surface area contributed by atoms with Gasteiger partial charge in [0.25, 0.3) is 5.91 Å². The maximum absolute atomic E-state index is 15.3. The van der Waals surface area contributed by atoms with Crippen LogP contribution in [0.3, 0.4) is 0 Å². The minimum absolute atomic E-state index is 0.0264. The molecule has 2 saturated carbocycles. The molecule has 0 unspecified atom stereocenters. The number of cyclic esters (lactones) is 1. The second-order valence-corrected chi connectivity index (χ2v) is 25.6. The van der Waals surface area contributed by atoms with E-state index in [0.717, 1.165) is 126 Å². The van der Waals surface area contributed by atoms with Crippen molar-refractivity contribution in [1.82, 2.24) is 40.1 Å². The Morgan fingerprint density at radius 3 is 2.50 bits per heavy atom. The fraction of sp³-hybridized carbons (Fsp3) is 0.672. The van der Waals surface area contributed by atoms with E-state index in [2.05, 4.69) is 94.3 Å². The molecule has 8 fully saturated rings. The van der Waals surface area contributed by atoms with Crippen molar-refractivity contribution in [2.75, 3.05) is 77.7 Å². The van der Waals surface area contributed by atoms with Gasteiger partial charge in [-0.2, -0.15) is 0 Å². The fourth-order valence-corrected chi connectivity index (χ4v) is 14.3. The summed E-state index contributed by atoms with van der Waals surface area (Å²) in [7, 11) is 1.75. The number of pyridine rings is 1. The number of nitrogens with one attached hydrogen (secondary N) is 2. The lowest BCUT2D eigenvalue weighted by Crippen LogP contribution is -2.72. The van der Waals surface area contributed by atoms with Crippen LogP contribution in [-0.2, 0) is 51.0 Å². The zero-order valence-corrected chi connectivity index (χ0v) is 46.5. The van der Waals surface area contributed by atoms with Crippen LogP contribution in [0.2, 0.25) is 0 Å². The van der Waals surface area contributed by atoms with E-state index in [1.165, 1.54) is 24.2 Å². The molecule has 1 aromatic carbocycles. The number of hydrazine groups is 1. The fourth-order valence-electron chi connectivity index (χ4n) is 13.3. The first-order chi connectivity index (χ1) is 36.6. The molecule has 18 heteroatoms. The first-order valence-corrected chi connectivity index (χ1v) is 29.3. The Kier molecular flexibility index (Phi) is 14.4. The highest BCUT2D eigenvalue weighted by molar-refractivity contribution is 7.10. The first-order valence-electron chi connectivity index (χ1n) is 28.4. The van der Waals surface area contributed by atoms with E-state index in [4.69, 9.17) is 33.7 Å². The van der Waals surface area contributed by atoms with Crippen LogP contribution in [0, 0.1) is 17.3 Å². The molecule has 7 atom stereocenters. The number of carbonyl (C=O) groups is 3. The summed E-state index contributed by atoms with van der Waals surface area (Å²) in [5.74, 6) is -0.899. The van der Waals surface area contributed by atoms with Crippen molar-refractivity contribution in [2.24, 2.45) is 17.3 Å². The summed E-state index contributed by atoms with van der Waals surface area (Å²) in [6.07, 6.45) is 9.28. The Hall–Kier alpha value is -4.53. The number of methoxy groups -OCH3 is 1. The van der Waals surface area contributed by atoms with Crippen LogP contribution in [0.15, 0.2) is 35.8 Å². The van der Waals surface area contributed by atoms with Crippen molar-refractivity contribution in [3.63, 3.8) is 0 Å². The summed E-state index contributed by atoms with van der Waals surface area (Å²) in [6, 6.07) is 7.38. The molecule has 6 saturated heterocycles. The van der Waals surface area contributed by atoms with Crippen LogP contribution in [-0.4, -0.2) is 162 Å². The summed E-state index contributed by atoms with van der Waals surface area (Å²) >= 11 is 1.53.